The van der Waals surface area contributed by atoms with Crippen molar-refractivity contribution in [3.8, 4) is 5.88 Å². The summed E-state index contributed by atoms with van der Waals surface area (Å²) in [6.45, 7) is 9.30. The molecule has 1 atom stereocenters. The lowest BCUT2D eigenvalue weighted by Crippen LogP contribution is -2.31. The average Bonchev–Trinajstić information content (AvgIpc) is 2.72. The van der Waals surface area contributed by atoms with Crippen LogP contribution in [-0.4, -0.2) is 33.4 Å². The van der Waals surface area contributed by atoms with Crippen molar-refractivity contribution in [1.82, 2.24) is 15.3 Å². The Kier molecular flexibility index (Phi) is 16.1. The maximum Gasteiger partial charge on any atom is 0.220 e. The molecule has 4 nitrogen and oxygen atoms in total. The van der Waals surface area contributed by atoms with Gasteiger partial charge in [0.2, 0.25) is 5.88 Å². The molecule has 0 radical (unpaired) electrons. The van der Waals surface area contributed by atoms with E-state index in [1.54, 1.807) is 18.1 Å². The smallest absolute Gasteiger partial charge is 0.220 e. The van der Waals surface area contributed by atoms with Gasteiger partial charge in [-0.05, 0) is 51.7 Å². The monoisotopic (exact) mass is 453 g/mol. The molecule has 0 saturated heterocycles. The van der Waals surface area contributed by atoms with E-state index in [-0.39, 0.29) is 0 Å². The molecule has 0 bridgehead atoms. The predicted molar refractivity (Wildman–Crippen MR) is 135 cm³/mol. The van der Waals surface area contributed by atoms with Crippen LogP contribution >= 0.6 is 24.0 Å². The van der Waals surface area contributed by atoms with Gasteiger partial charge >= 0.3 is 0 Å². The highest BCUT2D eigenvalue weighted by Gasteiger charge is 2.13. The van der Waals surface area contributed by atoms with E-state index in [1.165, 1.54) is 50.5 Å². The van der Waals surface area contributed by atoms with Gasteiger partial charge in [0, 0.05) is 11.6 Å². The molecule has 6 heteroatoms. The van der Waals surface area contributed by atoms with Crippen LogP contribution in [0.1, 0.15) is 104 Å². The molecule has 1 aromatic heterocycles. The van der Waals surface area contributed by atoms with Crippen LogP contribution in [0.4, 0.5) is 0 Å². The van der Waals surface area contributed by atoms with Crippen molar-refractivity contribution in [2.45, 2.75) is 116 Å². The van der Waals surface area contributed by atoms with Crippen LogP contribution in [0.15, 0.2) is 11.4 Å². The number of nitrogens with zero attached hydrogens (tertiary/aromatic N) is 2. The lowest BCUT2D eigenvalue weighted by atomic mass is 10.1. The van der Waals surface area contributed by atoms with Crippen molar-refractivity contribution in [1.29, 1.82) is 0 Å². The van der Waals surface area contributed by atoms with Crippen LogP contribution in [0.5, 0.6) is 5.88 Å². The largest absolute Gasteiger partial charge is 0.478 e. The minimum atomic E-state index is 0.435. The number of rotatable bonds is 18. The van der Waals surface area contributed by atoms with E-state index in [9.17, 15) is 0 Å². The summed E-state index contributed by atoms with van der Waals surface area (Å²) in [5, 5.41) is 4.60. The van der Waals surface area contributed by atoms with Crippen molar-refractivity contribution in [3.05, 3.63) is 11.9 Å². The van der Waals surface area contributed by atoms with E-state index >= 15 is 0 Å². The van der Waals surface area contributed by atoms with Crippen LogP contribution in [-0.2, 0) is 6.42 Å². The first kappa shape index (κ1) is 27.2. The van der Waals surface area contributed by atoms with Crippen LogP contribution in [0.2, 0.25) is 0 Å². The van der Waals surface area contributed by atoms with Gasteiger partial charge in [-0.25, -0.2) is 9.97 Å². The number of thioether (sulfide) groups is 1. The number of hydrogen-bond donors (Lipinski definition) is 1. The minimum absolute atomic E-state index is 0.435. The fourth-order valence-corrected chi connectivity index (χ4v) is 4.64. The number of ether oxygens (including phenoxy) is 1. The predicted octanol–water partition coefficient (Wildman–Crippen LogP) is 7.15. The Morgan fingerprint density at radius 3 is 2.47 bits per heavy atom. The van der Waals surface area contributed by atoms with Gasteiger partial charge < -0.3 is 10.1 Å². The summed E-state index contributed by atoms with van der Waals surface area (Å²) in [5.41, 5.74) is 1.17. The van der Waals surface area contributed by atoms with Gasteiger partial charge in [0.15, 0.2) is 0 Å². The van der Waals surface area contributed by atoms with Gasteiger partial charge in [-0.3, -0.25) is 0 Å². The van der Waals surface area contributed by atoms with E-state index in [0.29, 0.717) is 12.6 Å². The SMILES string of the molecule is CCCCCCCCCC(=S)NC(C)CCCCc1c(OCC)ncnc1SCC. The Morgan fingerprint density at radius 2 is 1.77 bits per heavy atom. The first-order valence-electron chi connectivity index (χ1n) is 12.0. The number of aromatic nitrogens is 2. The molecule has 1 unspecified atom stereocenters. The summed E-state index contributed by atoms with van der Waals surface area (Å²) in [6.07, 6.45) is 16.3. The number of hydrogen-bond acceptors (Lipinski definition) is 5. The minimum Gasteiger partial charge on any atom is -0.478 e. The zero-order chi connectivity index (χ0) is 22.0. The maximum atomic E-state index is 5.73. The van der Waals surface area contributed by atoms with Gasteiger partial charge in [-0.1, -0.05) is 71.0 Å². The first-order chi connectivity index (χ1) is 14.6. The molecule has 30 heavy (non-hydrogen) atoms. The highest BCUT2D eigenvalue weighted by molar-refractivity contribution is 7.99. The highest BCUT2D eigenvalue weighted by Crippen LogP contribution is 2.28. The van der Waals surface area contributed by atoms with Gasteiger partial charge in [0.05, 0.1) is 11.6 Å². The second-order valence-electron chi connectivity index (χ2n) is 7.91. The topological polar surface area (TPSA) is 47.0 Å². The Balaban J connectivity index is 2.25. The second-order valence-corrected chi connectivity index (χ2v) is 9.66. The molecule has 1 N–H and O–H groups in total. The molecule has 0 amide bonds. The van der Waals surface area contributed by atoms with Gasteiger partial charge in [0.25, 0.3) is 0 Å². The molecular formula is C24H43N3OS2. The summed E-state index contributed by atoms with van der Waals surface area (Å²) in [5.74, 6) is 1.76. The molecule has 172 valence electrons. The summed E-state index contributed by atoms with van der Waals surface area (Å²) >= 11 is 7.32. The number of thiocarbonyl (C=S) groups is 1. The van der Waals surface area contributed by atoms with Crippen LogP contribution in [0, 0.1) is 0 Å². The lowest BCUT2D eigenvalue weighted by molar-refractivity contribution is 0.319. The summed E-state index contributed by atoms with van der Waals surface area (Å²) < 4.78 is 5.73. The number of nitrogens with one attached hydrogen (secondary N) is 1. The summed E-state index contributed by atoms with van der Waals surface area (Å²) in [6, 6.07) is 0.435. The third-order valence-corrected chi connectivity index (χ3v) is 6.39. The van der Waals surface area contributed by atoms with E-state index in [2.05, 4.69) is 36.1 Å². The van der Waals surface area contributed by atoms with Crippen molar-refractivity contribution >= 4 is 29.0 Å². The Labute approximate surface area is 194 Å². The zero-order valence-corrected chi connectivity index (χ0v) is 21.3. The lowest BCUT2D eigenvalue weighted by Gasteiger charge is -2.16. The normalized spacial score (nSPS) is 12.0. The molecule has 0 fully saturated rings. The fraction of sp³-hybridized carbons (Fsp3) is 0.792. The molecule has 0 aliphatic heterocycles. The van der Waals surface area contributed by atoms with E-state index in [4.69, 9.17) is 17.0 Å². The quantitative estimate of drug-likeness (QED) is 0.110. The second kappa shape index (κ2) is 17.8. The molecule has 1 rings (SSSR count). The van der Waals surface area contributed by atoms with Crippen LogP contribution in [0.25, 0.3) is 0 Å². The fourth-order valence-electron chi connectivity index (χ4n) is 3.53. The third kappa shape index (κ3) is 12.1. The van der Waals surface area contributed by atoms with E-state index in [0.717, 1.165) is 53.8 Å². The van der Waals surface area contributed by atoms with Crippen LogP contribution < -0.4 is 10.1 Å². The first-order valence-corrected chi connectivity index (χ1v) is 13.4. The molecule has 0 aliphatic rings. The van der Waals surface area contributed by atoms with Crippen molar-refractivity contribution in [2.75, 3.05) is 12.4 Å². The maximum absolute atomic E-state index is 5.73. The number of unbranched alkanes of at least 4 members (excludes halogenated alkanes) is 7. The summed E-state index contributed by atoms with van der Waals surface area (Å²) in [7, 11) is 0. The highest BCUT2D eigenvalue weighted by atomic mass is 32.2. The zero-order valence-electron chi connectivity index (χ0n) is 19.7. The molecule has 1 heterocycles. The van der Waals surface area contributed by atoms with Crippen molar-refractivity contribution < 1.29 is 4.74 Å². The molecule has 0 aliphatic carbocycles. The molecule has 1 aromatic rings. The molecule has 0 saturated carbocycles. The van der Waals surface area contributed by atoms with Gasteiger partial charge in [-0.2, -0.15) is 0 Å². The molecule has 0 spiro atoms. The van der Waals surface area contributed by atoms with Crippen molar-refractivity contribution in [3.63, 3.8) is 0 Å². The third-order valence-electron chi connectivity index (χ3n) is 5.16. The van der Waals surface area contributed by atoms with Gasteiger partial charge in [0.1, 0.15) is 11.4 Å². The Hall–Kier alpha value is -0.880. The molecule has 0 aromatic carbocycles. The standard InChI is InChI=1S/C24H43N3OS2/c1-5-8-9-10-11-12-13-18-22(29)27-20(4)16-14-15-17-21-23(28-6-2)25-19-26-24(21)30-7-3/h19-20H,5-18H2,1-4H3,(H,27,29). The van der Waals surface area contributed by atoms with E-state index < -0.39 is 0 Å². The molecular weight excluding hydrogens is 410 g/mol. The van der Waals surface area contributed by atoms with E-state index in [1.807, 2.05) is 6.92 Å². The van der Waals surface area contributed by atoms with Gasteiger partial charge in [-0.15, -0.1) is 11.8 Å². The Morgan fingerprint density at radius 1 is 1.03 bits per heavy atom. The van der Waals surface area contributed by atoms with Crippen molar-refractivity contribution in [2.24, 2.45) is 0 Å². The average molecular weight is 454 g/mol. The summed E-state index contributed by atoms with van der Waals surface area (Å²) in [4.78, 5) is 9.84. The van der Waals surface area contributed by atoms with Crippen LogP contribution in [0.3, 0.4) is 0 Å². The Bertz CT molecular complexity index is 559.